The van der Waals surface area contributed by atoms with E-state index in [1.165, 1.54) is 6.92 Å². The van der Waals surface area contributed by atoms with Crippen molar-refractivity contribution in [2.45, 2.75) is 6.92 Å². The highest BCUT2D eigenvalue weighted by atomic mass is 35.5. The number of carboxylic acid groups (broad SMARTS) is 2. The van der Waals surface area contributed by atoms with Gasteiger partial charge < -0.3 is 14.9 Å². The van der Waals surface area contributed by atoms with Crippen molar-refractivity contribution in [1.82, 2.24) is 0 Å². The second kappa shape index (κ2) is 12.2. The molecule has 0 saturated carbocycles. The van der Waals surface area contributed by atoms with E-state index in [0.29, 0.717) is 12.2 Å². The highest BCUT2D eigenvalue weighted by molar-refractivity contribution is 5.89. The average molecular weight is 239 g/mol. The number of esters is 1. The van der Waals surface area contributed by atoms with Crippen molar-refractivity contribution in [3.05, 3.63) is 25.0 Å². The second-order valence-electron chi connectivity index (χ2n) is 1.79. The van der Waals surface area contributed by atoms with Crippen molar-refractivity contribution in [2.75, 3.05) is 0 Å². The van der Waals surface area contributed by atoms with Gasteiger partial charge in [0, 0.05) is 19.1 Å². The maximum Gasteiger partial charge on any atom is 0.328 e. The van der Waals surface area contributed by atoms with E-state index in [4.69, 9.17) is 10.2 Å². The quantitative estimate of drug-likeness (QED) is 0.429. The Bertz CT molecular complexity index is 242. The molecule has 0 aromatic rings. The SMILES string of the molecule is C=COC(C)=O.Cl.O=C(O)C=CC(=O)O. The number of rotatable bonds is 3. The lowest BCUT2D eigenvalue weighted by molar-refractivity contribution is -0.135. The molecule has 15 heavy (non-hydrogen) atoms. The molecule has 0 spiro atoms. The van der Waals surface area contributed by atoms with Crippen molar-refractivity contribution in [2.24, 2.45) is 0 Å². The van der Waals surface area contributed by atoms with Gasteiger partial charge >= 0.3 is 17.9 Å². The van der Waals surface area contributed by atoms with Crippen LogP contribution >= 0.6 is 12.4 Å². The summed E-state index contributed by atoms with van der Waals surface area (Å²) in [7, 11) is 0. The fourth-order valence-electron chi connectivity index (χ4n) is 0.260. The topological polar surface area (TPSA) is 101 Å². The van der Waals surface area contributed by atoms with Gasteiger partial charge in [-0.1, -0.05) is 6.58 Å². The van der Waals surface area contributed by atoms with Gasteiger partial charge in [0.05, 0.1) is 6.26 Å². The Morgan fingerprint density at radius 2 is 1.47 bits per heavy atom. The molecule has 0 unspecified atom stereocenters. The van der Waals surface area contributed by atoms with Crippen LogP contribution in [0.3, 0.4) is 0 Å². The normalized spacial score (nSPS) is 7.80. The molecule has 0 rings (SSSR count). The number of aliphatic carboxylic acids is 2. The molecule has 0 aromatic carbocycles. The lowest BCUT2D eigenvalue weighted by Crippen LogP contribution is -1.91. The van der Waals surface area contributed by atoms with Gasteiger partial charge in [-0.25, -0.2) is 9.59 Å². The van der Waals surface area contributed by atoms with Gasteiger partial charge in [0.15, 0.2) is 0 Å². The van der Waals surface area contributed by atoms with Crippen LogP contribution < -0.4 is 0 Å². The van der Waals surface area contributed by atoms with Gasteiger partial charge in [-0.2, -0.15) is 0 Å². The standard InChI is InChI=1S/C4H4O4.C4H6O2.ClH/c5-3(6)1-2-4(7)8;1-3-6-4(2)5;/h1-2H,(H,5,6)(H,7,8);3H,1H2,2H3;1H. The number of carbonyl (C=O) groups is 3. The summed E-state index contributed by atoms with van der Waals surface area (Å²) < 4.78 is 4.17. The van der Waals surface area contributed by atoms with Crippen molar-refractivity contribution in [1.29, 1.82) is 0 Å². The van der Waals surface area contributed by atoms with E-state index in [0.717, 1.165) is 6.26 Å². The number of ether oxygens (including phenoxy) is 1. The van der Waals surface area contributed by atoms with Crippen LogP contribution in [-0.2, 0) is 19.1 Å². The Labute approximate surface area is 92.3 Å². The third-order valence-electron chi connectivity index (χ3n) is 0.618. The smallest absolute Gasteiger partial charge is 0.328 e. The Kier molecular flexibility index (Phi) is 15.3. The van der Waals surface area contributed by atoms with E-state index < -0.39 is 11.9 Å². The molecule has 0 aliphatic rings. The largest absolute Gasteiger partial charge is 0.478 e. The Hall–Kier alpha value is -1.82. The van der Waals surface area contributed by atoms with Crippen molar-refractivity contribution < 1.29 is 29.3 Å². The number of hydrogen-bond donors (Lipinski definition) is 2. The molecular weight excluding hydrogens is 228 g/mol. The predicted octanol–water partition coefficient (Wildman–Crippen LogP) is 0.827. The first-order valence-electron chi connectivity index (χ1n) is 3.32. The molecule has 0 fully saturated rings. The maximum absolute atomic E-state index is 9.75. The minimum atomic E-state index is -1.26. The maximum atomic E-state index is 9.75. The third-order valence-corrected chi connectivity index (χ3v) is 0.618. The molecule has 6 nitrogen and oxygen atoms in total. The lowest BCUT2D eigenvalue weighted by Gasteiger charge is -1.83. The van der Waals surface area contributed by atoms with Crippen molar-refractivity contribution >= 4 is 30.3 Å². The Morgan fingerprint density at radius 3 is 1.53 bits per heavy atom. The predicted molar refractivity (Wildman–Crippen MR) is 53.6 cm³/mol. The highest BCUT2D eigenvalue weighted by Crippen LogP contribution is 1.71. The summed E-state index contributed by atoms with van der Waals surface area (Å²) in [5.74, 6) is -2.84. The lowest BCUT2D eigenvalue weighted by atomic mass is 10.5. The zero-order chi connectivity index (χ0) is 11.6. The van der Waals surface area contributed by atoms with Gasteiger partial charge in [0.2, 0.25) is 0 Å². The van der Waals surface area contributed by atoms with Gasteiger partial charge in [0.25, 0.3) is 0 Å². The summed E-state index contributed by atoms with van der Waals surface area (Å²) in [6, 6.07) is 0. The highest BCUT2D eigenvalue weighted by Gasteiger charge is 1.88. The van der Waals surface area contributed by atoms with Crippen LogP contribution in [0.25, 0.3) is 0 Å². The number of carbonyl (C=O) groups excluding carboxylic acids is 1. The zero-order valence-electron chi connectivity index (χ0n) is 7.87. The molecule has 0 amide bonds. The molecule has 0 saturated heterocycles. The molecule has 0 aliphatic carbocycles. The summed E-state index contributed by atoms with van der Waals surface area (Å²) >= 11 is 0. The summed E-state index contributed by atoms with van der Waals surface area (Å²) in [4.78, 5) is 28.9. The molecule has 0 aliphatic heterocycles. The first-order chi connectivity index (χ1) is 6.40. The molecule has 0 aromatic heterocycles. The fourth-order valence-corrected chi connectivity index (χ4v) is 0.260. The van der Waals surface area contributed by atoms with E-state index in [-0.39, 0.29) is 18.4 Å². The monoisotopic (exact) mass is 238 g/mol. The molecule has 0 heterocycles. The van der Waals surface area contributed by atoms with Crippen LogP contribution in [0.2, 0.25) is 0 Å². The van der Waals surface area contributed by atoms with Crippen molar-refractivity contribution in [3.63, 3.8) is 0 Å². The first-order valence-corrected chi connectivity index (χ1v) is 3.32. The van der Waals surface area contributed by atoms with E-state index >= 15 is 0 Å². The van der Waals surface area contributed by atoms with Crippen LogP contribution in [0.15, 0.2) is 25.0 Å². The Morgan fingerprint density at radius 1 is 1.13 bits per heavy atom. The molecule has 7 heteroatoms. The number of hydrogen-bond acceptors (Lipinski definition) is 4. The third kappa shape index (κ3) is 33.0. The molecule has 0 bridgehead atoms. The van der Waals surface area contributed by atoms with Crippen LogP contribution in [0.5, 0.6) is 0 Å². The fraction of sp³-hybridized carbons (Fsp3) is 0.125. The first kappa shape index (κ1) is 18.9. The minimum absolute atomic E-state index is 0. The summed E-state index contributed by atoms with van der Waals surface area (Å²) in [6.07, 6.45) is 2.22. The van der Waals surface area contributed by atoms with Gasteiger partial charge in [-0.05, 0) is 0 Å². The molecule has 2 N–H and O–H groups in total. The van der Waals surface area contributed by atoms with Gasteiger partial charge in [0.1, 0.15) is 0 Å². The molecule has 0 radical (unpaired) electrons. The van der Waals surface area contributed by atoms with E-state index in [1.807, 2.05) is 0 Å². The Balaban J connectivity index is -0.000000187. The number of carboxylic acids is 2. The number of halogens is 1. The van der Waals surface area contributed by atoms with E-state index in [1.54, 1.807) is 0 Å². The molecule has 0 atom stereocenters. The van der Waals surface area contributed by atoms with Crippen LogP contribution in [0.4, 0.5) is 0 Å². The van der Waals surface area contributed by atoms with E-state index in [2.05, 4.69) is 11.3 Å². The van der Waals surface area contributed by atoms with Crippen molar-refractivity contribution in [3.8, 4) is 0 Å². The van der Waals surface area contributed by atoms with Crippen LogP contribution in [0.1, 0.15) is 6.92 Å². The zero-order valence-corrected chi connectivity index (χ0v) is 8.69. The molecule has 86 valence electrons. The molecular formula is C8H11ClO6. The van der Waals surface area contributed by atoms with Gasteiger partial charge in [-0.3, -0.25) is 4.79 Å². The average Bonchev–Trinajstić information content (AvgIpc) is 2.01. The van der Waals surface area contributed by atoms with Crippen LogP contribution in [0, 0.1) is 0 Å². The summed E-state index contributed by atoms with van der Waals surface area (Å²) in [6.45, 7) is 4.48. The summed E-state index contributed by atoms with van der Waals surface area (Å²) in [5.41, 5.74) is 0. The summed E-state index contributed by atoms with van der Waals surface area (Å²) in [5, 5.41) is 15.6. The second-order valence-corrected chi connectivity index (χ2v) is 1.79. The minimum Gasteiger partial charge on any atom is -0.478 e. The van der Waals surface area contributed by atoms with E-state index in [9.17, 15) is 14.4 Å². The van der Waals surface area contributed by atoms with Gasteiger partial charge in [-0.15, -0.1) is 12.4 Å². The van der Waals surface area contributed by atoms with Crippen LogP contribution in [-0.4, -0.2) is 28.1 Å².